The van der Waals surface area contributed by atoms with Crippen LogP contribution in [0.15, 0.2) is 35.3 Å². The molecule has 2 aliphatic rings. The fourth-order valence-electron chi connectivity index (χ4n) is 4.53. The Bertz CT molecular complexity index is 677. The van der Waals surface area contributed by atoms with Crippen LogP contribution >= 0.6 is 24.0 Å². The predicted molar refractivity (Wildman–Crippen MR) is 141 cm³/mol. The van der Waals surface area contributed by atoms with Crippen LogP contribution in [0, 0.1) is 5.41 Å². The first kappa shape index (κ1) is 26.5. The summed E-state index contributed by atoms with van der Waals surface area (Å²) < 4.78 is 17.9. The first-order chi connectivity index (χ1) is 14.7. The highest BCUT2D eigenvalue weighted by Crippen LogP contribution is 2.36. The summed E-state index contributed by atoms with van der Waals surface area (Å²) in [6.07, 6.45) is 6.53. The molecule has 3 rings (SSSR count). The molecule has 1 aliphatic heterocycles. The van der Waals surface area contributed by atoms with Crippen molar-refractivity contribution in [1.82, 2.24) is 15.5 Å². The van der Waals surface area contributed by atoms with Crippen LogP contribution in [0.3, 0.4) is 0 Å². The molecule has 31 heavy (non-hydrogen) atoms. The number of benzene rings is 1. The van der Waals surface area contributed by atoms with Gasteiger partial charge in [0.15, 0.2) is 5.96 Å². The van der Waals surface area contributed by atoms with Gasteiger partial charge in [-0.25, -0.2) is 0 Å². The van der Waals surface area contributed by atoms with Crippen LogP contribution in [0.2, 0.25) is 0 Å². The molecule has 1 unspecified atom stereocenters. The van der Waals surface area contributed by atoms with Crippen molar-refractivity contribution in [2.24, 2.45) is 10.4 Å². The average Bonchev–Trinajstić information content (AvgIpc) is 2.78. The number of nitrogens with zero attached hydrogens (tertiary/aromatic N) is 2. The molecule has 0 aromatic heterocycles. The number of guanidine groups is 1. The highest BCUT2D eigenvalue weighted by atomic mass is 127. The number of nitrogens with one attached hydrogen (secondary N) is 2. The summed E-state index contributed by atoms with van der Waals surface area (Å²) in [6, 6.07) is 10.0. The second-order valence-corrected chi connectivity index (χ2v) is 10.2. The van der Waals surface area contributed by atoms with Crippen molar-refractivity contribution in [3.63, 3.8) is 0 Å². The van der Waals surface area contributed by atoms with Gasteiger partial charge >= 0.3 is 0 Å². The number of rotatable bonds is 9. The molecule has 2 fully saturated rings. The minimum atomic E-state index is -0.875. The van der Waals surface area contributed by atoms with Gasteiger partial charge in [-0.3, -0.25) is 14.1 Å². The molecule has 1 aliphatic carbocycles. The molecule has 1 saturated heterocycles. The maximum atomic E-state index is 12.4. The van der Waals surface area contributed by atoms with Gasteiger partial charge in [-0.05, 0) is 18.4 Å². The van der Waals surface area contributed by atoms with Gasteiger partial charge in [0, 0.05) is 67.5 Å². The lowest BCUT2D eigenvalue weighted by Gasteiger charge is -2.42. The van der Waals surface area contributed by atoms with Crippen LogP contribution in [-0.2, 0) is 21.3 Å². The summed E-state index contributed by atoms with van der Waals surface area (Å²) in [5.74, 6) is 2.05. The number of hydrogen-bond donors (Lipinski definition) is 2. The SMILES string of the molecule is CN=C(NCCS(=O)Cc1ccccc1)NCC1(CN2CCOCC2)CCCCC1.I. The lowest BCUT2D eigenvalue weighted by molar-refractivity contribution is 0.00820. The zero-order valence-corrected chi connectivity index (χ0v) is 22.0. The molecule has 0 bridgehead atoms. The lowest BCUT2D eigenvalue weighted by atomic mass is 9.73. The standard InChI is InChI=1S/C23H38N4O2S.HI/c1-24-22(25-12-17-30(28)18-21-8-4-2-5-9-21)26-19-23(10-6-3-7-11-23)20-27-13-15-29-16-14-27;/h2,4-5,8-9H,3,6-7,10-20H2,1H3,(H2,24,25,26);1H. The van der Waals surface area contributed by atoms with Crippen LogP contribution in [0.4, 0.5) is 0 Å². The van der Waals surface area contributed by atoms with E-state index in [1.165, 1.54) is 32.1 Å². The highest BCUT2D eigenvalue weighted by Gasteiger charge is 2.34. The molecule has 0 radical (unpaired) electrons. The molecule has 176 valence electrons. The van der Waals surface area contributed by atoms with Crippen LogP contribution in [-0.4, -0.2) is 73.8 Å². The fourth-order valence-corrected chi connectivity index (χ4v) is 5.57. The molecule has 8 heteroatoms. The Hall–Kier alpha value is -0.710. The van der Waals surface area contributed by atoms with Crippen molar-refractivity contribution in [3.05, 3.63) is 35.9 Å². The summed E-state index contributed by atoms with van der Waals surface area (Å²) in [7, 11) is 0.937. The molecule has 0 spiro atoms. The second kappa shape index (κ2) is 14.4. The van der Waals surface area contributed by atoms with Gasteiger partial charge in [0.2, 0.25) is 0 Å². The van der Waals surface area contributed by atoms with E-state index >= 15 is 0 Å². The molecule has 1 aromatic rings. The first-order valence-electron chi connectivity index (χ1n) is 11.3. The van der Waals surface area contributed by atoms with E-state index in [1.54, 1.807) is 0 Å². The topological polar surface area (TPSA) is 66.0 Å². The minimum Gasteiger partial charge on any atom is -0.379 e. The van der Waals surface area contributed by atoms with E-state index in [2.05, 4.69) is 20.5 Å². The Kier molecular flexibility index (Phi) is 12.4. The van der Waals surface area contributed by atoms with Crippen LogP contribution in [0.25, 0.3) is 0 Å². The third-order valence-electron chi connectivity index (χ3n) is 6.22. The summed E-state index contributed by atoms with van der Waals surface area (Å²) in [4.78, 5) is 6.96. The highest BCUT2D eigenvalue weighted by molar-refractivity contribution is 14.0. The van der Waals surface area contributed by atoms with E-state index < -0.39 is 10.8 Å². The van der Waals surface area contributed by atoms with Gasteiger partial charge in [-0.2, -0.15) is 0 Å². The van der Waals surface area contributed by atoms with Gasteiger partial charge in [0.25, 0.3) is 0 Å². The quantitative estimate of drug-likeness (QED) is 0.275. The molecule has 1 heterocycles. The zero-order chi connectivity index (χ0) is 21.1. The van der Waals surface area contributed by atoms with Crippen LogP contribution in [0.5, 0.6) is 0 Å². The van der Waals surface area contributed by atoms with Gasteiger partial charge in [-0.15, -0.1) is 24.0 Å². The molecule has 0 amide bonds. The summed E-state index contributed by atoms with van der Waals surface area (Å²) in [6.45, 7) is 6.54. The number of ether oxygens (including phenoxy) is 1. The fraction of sp³-hybridized carbons (Fsp3) is 0.696. The van der Waals surface area contributed by atoms with E-state index in [-0.39, 0.29) is 24.0 Å². The molecule has 1 atom stereocenters. The van der Waals surface area contributed by atoms with Crippen molar-refractivity contribution in [2.75, 3.05) is 58.7 Å². The maximum Gasteiger partial charge on any atom is 0.191 e. The third kappa shape index (κ3) is 9.35. The molecule has 2 N–H and O–H groups in total. The molecule has 6 nitrogen and oxygen atoms in total. The first-order valence-corrected chi connectivity index (χ1v) is 12.8. The van der Waals surface area contributed by atoms with Crippen molar-refractivity contribution in [2.45, 2.75) is 37.9 Å². The zero-order valence-electron chi connectivity index (χ0n) is 18.8. The van der Waals surface area contributed by atoms with Crippen molar-refractivity contribution >= 4 is 40.7 Å². The van der Waals surface area contributed by atoms with E-state index in [0.717, 1.165) is 50.9 Å². The summed E-state index contributed by atoms with van der Waals surface area (Å²) in [5.41, 5.74) is 1.43. The predicted octanol–water partition coefficient (Wildman–Crippen LogP) is 3.00. The van der Waals surface area contributed by atoms with Crippen LogP contribution < -0.4 is 10.6 Å². The molecule has 1 saturated carbocycles. The Labute approximate surface area is 207 Å². The van der Waals surface area contributed by atoms with Crippen molar-refractivity contribution in [1.29, 1.82) is 0 Å². The number of hydrogen-bond acceptors (Lipinski definition) is 4. The molecular weight excluding hydrogens is 523 g/mol. The van der Waals surface area contributed by atoms with Gasteiger partial charge < -0.3 is 15.4 Å². The van der Waals surface area contributed by atoms with E-state index in [0.29, 0.717) is 23.5 Å². The smallest absolute Gasteiger partial charge is 0.191 e. The molecule has 1 aromatic carbocycles. The van der Waals surface area contributed by atoms with Gasteiger partial charge in [0.05, 0.1) is 13.2 Å². The second-order valence-electron chi connectivity index (χ2n) is 8.58. The van der Waals surface area contributed by atoms with Crippen molar-refractivity contribution in [3.8, 4) is 0 Å². The van der Waals surface area contributed by atoms with Crippen molar-refractivity contribution < 1.29 is 8.95 Å². The Balaban J connectivity index is 0.00000341. The van der Waals surface area contributed by atoms with Gasteiger partial charge in [-0.1, -0.05) is 49.6 Å². The van der Waals surface area contributed by atoms with E-state index in [1.807, 2.05) is 37.4 Å². The third-order valence-corrected chi connectivity index (χ3v) is 7.54. The Morgan fingerprint density at radius 1 is 1.13 bits per heavy atom. The maximum absolute atomic E-state index is 12.4. The number of halogens is 1. The normalized spacial score (nSPS) is 20.5. The molecular formula is C23H39IN4O2S. The average molecular weight is 563 g/mol. The largest absolute Gasteiger partial charge is 0.379 e. The summed E-state index contributed by atoms with van der Waals surface area (Å²) >= 11 is 0. The van der Waals surface area contributed by atoms with E-state index in [9.17, 15) is 4.21 Å². The number of morpholine rings is 1. The summed E-state index contributed by atoms with van der Waals surface area (Å²) in [5, 5.41) is 6.93. The van der Waals surface area contributed by atoms with Crippen LogP contribution in [0.1, 0.15) is 37.7 Å². The van der Waals surface area contributed by atoms with E-state index in [4.69, 9.17) is 4.74 Å². The van der Waals surface area contributed by atoms with Gasteiger partial charge in [0.1, 0.15) is 0 Å². The lowest BCUT2D eigenvalue weighted by Crippen LogP contribution is -2.51. The monoisotopic (exact) mass is 562 g/mol. The number of aliphatic imine (C=N–C) groups is 1. The Morgan fingerprint density at radius 3 is 2.52 bits per heavy atom. The minimum absolute atomic E-state index is 0. The Morgan fingerprint density at radius 2 is 1.84 bits per heavy atom.